The summed E-state index contributed by atoms with van der Waals surface area (Å²) in [6, 6.07) is 5.57. The van der Waals surface area contributed by atoms with E-state index in [4.69, 9.17) is 4.74 Å². The van der Waals surface area contributed by atoms with Gasteiger partial charge in [0.05, 0.1) is 4.90 Å². The molecule has 0 heterocycles. The van der Waals surface area contributed by atoms with Crippen molar-refractivity contribution < 1.29 is 23.2 Å². The first-order valence-electron chi connectivity index (χ1n) is 6.32. The number of nitrogens with zero attached hydrogens (tertiary/aromatic N) is 1. The lowest BCUT2D eigenvalue weighted by Gasteiger charge is -2.27. The van der Waals surface area contributed by atoms with Crippen LogP contribution in [0.2, 0.25) is 0 Å². The van der Waals surface area contributed by atoms with Crippen LogP contribution in [0.3, 0.4) is 0 Å². The number of hydrogen-bond donors (Lipinski definition) is 2. The highest BCUT2D eigenvalue weighted by Gasteiger charge is 2.32. The van der Waals surface area contributed by atoms with Crippen LogP contribution in [0.15, 0.2) is 29.2 Å². The molecule has 0 spiro atoms. The molecule has 0 aliphatic carbocycles. The highest BCUT2D eigenvalue weighted by molar-refractivity contribution is 7.89. The SMILES string of the molecule is CCC(C)N(COC)S(=O)(=O)c1ccccc1B(O)O. The molecule has 8 heteroatoms. The molecule has 1 aromatic carbocycles. The maximum Gasteiger partial charge on any atom is 0.489 e. The molecule has 6 nitrogen and oxygen atoms in total. The zero-order chi connectivity index (χ0) is 15.3. The molecule has 20 heavy (non-hydrogen) atoms. The molecule has 0 amide bonds. The topological polar surface area (TPSA) is 87.1 Å². The van der Waals surface area contributed by atoms with Crippen molar-refractivity contribution in [2.45, 2.75) is 31.2 Å². The van der Waals surface area contributed by atoms with Gasteiger partial charge in [-0.15, -0.1) is 0 Å². The van der Waals surface area contributed by atoms with Crippen LogP contribution in [0.5, 0.6) is 0 Å². The number of ether oxygens (including phenoxy) is 1. The molecule has 1 rings (SSSR count). The predicted molar refractivity (Wildman–Crippen MR) is 76.9 cm³/mol. The van der Waals surface area contributed by atoms with Crippen LogP contribution in [0, 0.1) is 0 Å². The molecule has 2 N–H and O–H groups in total. The van der Waals surface area contributed by atoms with Crippen molar-refractivity contribution in [3.05, 3.63) is 24.3 Å². The summed E-state index contributed by atoms with van der Waals surface area (Å²) in [6.45, 7) is 3.55. The summed E-state index contributed by atoms with van der Waals surface area (Å²) < 4.78 is 31.5. The third-order valence-electron chi connectivity index (χ3n) is 3.12. The molecule has 0 bridgehead atoms. The van der Waals surface area contributed by atoms with Gasteiger partial charge in [0.15, 0.2) is 0 Å². The second-order valence-corrected chi connectivity index (χ2v) is 6.34. The minimum atomic E-state index is -3.86. The summed E-state index contributed by atoms with van der Waals surface area (Å²) in [5, 5.41) is 18.6. The van der Waals surface area contributed by atoms with E-state index in [9.17, 15) is 18.5 Å². The second kappa shape index (κ2) is 7.19. The Kier molecular flexibility index (Phi) is 6.16. The highest BCUT2D eigenvalue weighted by Crippen LogP contribution is 2.18. The van der Waals surface area contributed by atoms with Crippen LogP contribution in [0.1, 0.15) is 20.3 Å². The first kappa shape index (κ1) is 17.1. The normalized spacial score (nSPS) is 13.5. The molecule has 0 fully saturated rings. The minimum absolute atomic E-state index is 0.0445. The van der Waals surface area contributed by atoms with E-state index in [-0.39, 0.29) is 23.1 Å². The monoisotopic (exact) mass is 301 g/mol. The summed E-state index contributed by atoms with van der Waals surface area (Å²) in [4.78, 5) is -0.118. The van der Waals surface area contributed by atoms with Crippen molar-refractivity contribution in [2.75, 3.05) is 13.8 Å². The largest absolute Gasteiger partial charge is 0.489 e. The number of benzene rings is 1. The smallest absolute Gasteiger partial charge is 0.423 e. The van der Waals surface area contributed by atoms with Gasteiger partial charge in [-0.05, 0) is 19.4 Å². The molecule has 0 aliphatic heterocycles. The van der Waals surface area contributed by atoms with E-state index < -0.39 is 17.1 Å². The van der Waals surface area contributed by atoms with E-state index in [1.807, 2.05) is 6.92 Å². The standard InChI is InChI=1S/C12H20BNO5S/c1-4-10(2)14(9-19-3)20(17,18)12-8-6-5-7-11(12)13(15)16/h5-8,10,15-16H,4,9H2,1-3H3. The van der Waals surface area contributed by atoms with Crippen molar-refractivity contribution in [2.24, 2.45) is 0 Å². The molecule has 0 saturated carbocycles. The molecular weight excluding hydrogens is 281 g/mol. The van der Waals surface area contributed by atoms with Gasteiger partial charge in [-0.2, -0.15) is 4.31 Å². The van der Waals surface area contributed by atoms with E-state index in [0.717, 1.165) is 0 Å². The summed E-state index contributed by atoms with van der Waals surface area (Å²) >= 11 is 0. The van der Waals surface area contributed by atoms with Crippen molar-refractivity contribution in [1.82, 2.24) is 4.31 Å². The maximum absolute atomic E-state index is 12.7. The van der Waals surface area contributed by atoms with E-state index in [2.05, 4.69) is 0 Å². The van der Waals surface area contributed by atoms with Crippen LogP contribution in [0.4, 0.5) is 0 Å². The van der Waals surface area contributed by atoms with E-state index in [0.29, 0.717) is 6.42 Å². The Labute approximate surface area is 120 Å². The fraction of sp³-hybridized carbons (Fsp3) is 0.500. The Hall–Kier alpha value is -0.925. The lowest BCUT2D eigenvalue weighted by molar-refractivity contribution is 0.0965. The molecule has 1 atom stereocenters. The zero-order valence-electron chi connectivity index (χ0n) is 11.9. The van der Waals surface area contributed by atoms with Crippen molar-refractivity contribution >= 4 is 22.6 Å². The summed E-state index contributed by atoms with van der Waals surface area (Å²) in [7, 11) is -4.29. The van der Waals surface area contributed by atoms with Gasteiger partial charge in [0.25, 0.3) is 0 Å². The second-order valence-electron chi connectivity index (χ2n) is 4.48. The third kappa shape index (κ3) is 3.59. The highest BCUT2D eigenvalue weighted by atomic mass is 32.2. The Bertz CT molecular complexity index is 534. The van der Waals surface area contributed by atoms with Crippen LogP contribution in [0.25, 0.3) is 0 Å². The summed E-state index contributed by atoms with van der Waals surface area (Å²) in [5.41, 5.74) is -0.0445. The van der Waals surface area contributed by atoms with Crippen molar-refractivity contribution in [3.63, 3.8) is 0 Å². The first-order chi connectivity index (χ1) is 9.36. The lowest BCUT2D eigenvalue weighted by atomic mass is 9.80. The minimum Gasteiger partial charge on any atom is -0.423 e. The molecular formula is C12H20BNO5S. The van der Waals surface area contributed by atoms with Crippen molar-refractivity contribution in [1.29, 1.82) is 0 Å². The number of hydrogen-bond acceptors (Lipinski definition) is 5. The number of sulfonamides is 1. The molecule has 0 radical (unpaired) electrons. The van der Waals surface area contributed by atoms with Gasteiger partial charge in [0, 0.05) is 18.6 Å². The van der Waals surface area contributed by atoms with Gasteiger partial charge in [-0.1, -0.05) is 25.1 Å². The summed E-state index contributed by atoms with van der Waals surface area (Å²) in [6.07, 6.45) is 0.617. The molecule has 1 unspecified atom stereocenters. The van der Waals surface area contributed by atoms with Gasteiger partial charge in [0.1, 0.15) is 6.73 Å². The fourth-order valence-electron chi connectivity index (χ4n) is 1.82. The van der Waals surface area contributed by atoms with E-state index in [1.54, 1.807) is 19.1 Å². The van der Waals surface area contributed by atoms with Crippen molar-refractivity contribution in [3.8, 4) is 0 Å². The maximum atomic E-state index is 12.7. The summed E-state index contributed by atoms with van der Waals surface area (Å²) in [5.74, 6) is 0. The van der Waals surface area contributed by atoms with Gasteiger partial charge < -0.3 is 14.8 Å². The Morgan fingerprint density at radius 1 is 1.35 bits per heavy atom. The third-order valence-corrected chi connectivity index (χ3v) is 5.13. The van der Waals surface area contributed by atoms with Crippen LogP contribution in [-0.2, 0) is 14.8 Å². The number of rotatable bonds is 7. The van der Waals surface area contributed by atoms with Gasteiger partial charge in [0.2, 0.25) is 10.0 Å². The molecule has 0 aromatic heterocycles. The quantitative estimate of drug-likeness (QED) is 0.536. The molecule has 112 valence electrons. The van der Waals surface area contributed by atoms with Crippen LogP contribution in [-0.4, -0.2) is 49.8 Å². The average Bonchev–Trinajstić information content (AvgIpc) is 2.43. The Morgan fingerprint density at radius 2 is 1.95 bits per heavy atom. The van der Waals surface area contributed by atoms with Crippen LogP contribution < -0.4 is 5.46 Å². The fourth-order valence-corrected chi connectivity index (χ4v) is 3.66. The zero-order valence-corrected chi connectivity index (χ0v) is 12.7. The Morgan fingerprint density at radius 3 is 2.45 bits per heavy atom. The average molecular weight is 301 g/mol. The Balaban J connectivity index is 3.33. The molecule has 0 aliphatic rings. The van der Waals surface area contributed by atoms with Gasteiger partial charge >= 0.3 is 7.12 Å². The first-order valence-corrected chi connectivity index (χ1v) is 7.76. The number of methoxy groups -OCH3 is 1. The van der Waals surface area contributed by atoms with E-state index in [1.165, 1.54) is 23.5 Å². The van der Waals surface area contributed by atoms with Gasteiger partial charge in [-0.3, -0.25) is 0 Å². The lowest BCUT2D eigenvalue weighted by Crippen LogP contribution is -2.43. The van der Waals surface area contributed by atoms with Gasteiger partial charge in [-0.25, -0.2) is 8.42 Å². The molecule has 0 saturated heterocycles. The van der Waals surface area contributed by atoms with Crippen LogP contribution >= 0.6 is 0 Å². The predicted octanol–water partition coefficient (Wildman–Crippen LogP) is -0.240. The van der Waals surface area contributed by atoms with E-state index >= 15 is 0 Å². The molecule has 1 aromatic rings.